The largest absolute Gasteiger partial charge is 0.356 e. The molecule has 2 aromatic rings. The summed E-state index contributed by atoms with van der Waals surface area (Å²) in [4.78, 5) is 39.4. The lowest BCUT2D eigenvalue weighted by atomic mass is 10.0. The van der Waals surface area contributed by atoms with Crippen LogP contribution in [0, 0.1) is 11.8 Å². The van der Waals surface area contributed by atoms with Gasteiger partial charge in [0.25, 0.3) is 0 Å². The number of hydrogen-bond acceptors (Lipinski definition) is 3. The lowest BCUT2D eigenvalue weighted by Crippen LogP contribution is -2.44. The van der Waals surface area contributed by atoms with Crippen LogP contribution in [0.1, 0.15) is 24.0 Å². The van der Waals surface area contributed by atoms with E-state index in [1.165, 1.54) is 5.56 Å². The molecule has 1 heterocycles. The van der Waals surface area contributed by atoms with Gasteiger partial charge in [0.15, 0.2) is 0 Å². The Hall–Kier alpha value is -3.35. The molecule has 32 heavy (non-hydrogen) atoms. The van der Waals surface area contributed by atoms with E-state index in [2.05, 4.69) is 16.0 Å². The number of carbonyl (C=O) groups is 3. The topological polar surface area (TPSA) is 90.5 Å². The number of nitrogens with zero attached hydrogens (tertiary/aromatic N) is 1. The summed E-state index contributed by atoms with van der Waals surface area (Å²) in [6, 6.07) is 19.4. The third-order valence-corrected chi connectivity index (χ3v) is 6.33. The summed E-state index contributed by atoms with van der Waals surface area (Å²) < 4.78 is 0. The summed E-state index contributed by atoms with van der Waals surface area (Å²) in [6.45, 7) is 1.52. The van der Waals surface area contributed by atoms with Crippen molar-refractivity contribution >= 4 is 17.8 Å². The zero-order valence-electron chi connectivity index (χ0n) is 18.1. The molecule has 2 aliphatic rings. The lowest BCUT2D eigenvalue weighted by molar-refractivity contribution is -0.125. The highest BCUT2D eigenvalue weighted by Gasteiger charge is 2.42. The number of urea groups is 1. The molecule has 0 unspecified atom stereocenters. The first kappa shape index (κ1) is 21.9. The number of nitrogens with one attached hydrogen (secondary N) is 3. The molecule has 3 atom stereocenters. The quantitative estimate of drug-likeness (QED) is 0.650. The number of benzene rings is 2. The maximum absolute atomic E-state index is 12.7. The molecule has 0 spiro atoms. The maximum atomic E-state index is 12.7. The normalized spacial score (nSPS) is 22.4. The monoisotopic (exact) mass is 434 g/mol. The minimum absolute atomic E-state index is 0.0309. The Morgan fingerprint density at radius 2 is 1.62 bits per heavy atom. The van der Waals surface area contributed by atoms with Crippen LogP contribution in [0.4, 0.5) is 4.79 Å². The van der Waals surface area contributed by atoms with Crippen LogP contribution in [0.2, 0.25) is 0 Å². The van der Waals surface area contributed by atoms with E-state index >= 15 is 0 Å². The summed E-state index contributed by atoms with van der Waals surface area (Å²) >= 11 is 0. The Morgan fingerprint density at radius 1 is 0.938 bits per heavy atom. The van der Waals surface area contributed by atoms with Gasteiger partial charge >= 0.3 is 6.03 Å². The van der Waals surface area contributed by atoms with Crippen molar-refractivity contribution in [3.8, 4) is 0 Å². The van der Waals surface area contributed by atoms with Crippen LogP contribution >= 0.6 is 0 Å². The molecule has 0 radical (unpaired) electrons. The molecule has 1 saturated carbocycles. The Balaban J connectivity index is 1.28. The molecule has 2 fully saturated rings. The molecule has 1 aliphatic carbocycles. The van der Waals surface area contributed by atoms with Crippen LogP contribution < -0.4 is 16.0 Å². The molecule has 3 N–H and O–H groups in total. The van der Waals surface area contributed by atoms with E-state index in [4.69, 9.17) is 0 Å². The van der Waals surface area contributed by atoms with Crippen molar-refractivity contribution in [3.63, 3.8) is 0 Å². The second kappa shape index (κ2) is 10.3. The smallest absolute Gasteiger partial charge is 0.318 e. The second-order valence-electron chi connectivity index (χ2n) is 8.65. The van der Waals surface area contributed by atoms with Gasteiger partial charge in [0.05, 0.1) is 0 Å². The van der Waals surface area contributed by atoms with E-state index in [1.54, 1.807) is 4.90 Å². The fourth-order valence-corrected chi connectivity index (χ4v) is 4.65. The SMILES string of the molecule is O=C1CN(C(=O)NCc2ccccc2)C[C@H]2C[C@H](C(=O)NCCc3ccccc3)C[C@H]2N1. The van der Waals surface area contributed by atoms with Gasteiger partial charge in [-0.15, -0.1) is 0 Å². The Labute approximate surface area is 188 Å². The Bertz CT molecular complexity index is 935. The third-order valence-electron chi connectivity index (χ3n) is 6.33. The fraction of sp³-hybridized carbons (Fsp3) is 0.400. The molecule has 2 aromatic carbocycles. The first-order valence-corrected chi connectivity index (χ1v) is 11.3. The molecule has 0 bridgehead atoms. The number of fused-ring (bicyclic) bond motifs is 1. The van der Waals surface area contributed by atoms with Crippen LogP contribution in [0.3, 0.4) is 0 Å². The van der Waals surface area contributed by atoms with Gasteiger partial charge in [-0.05, 0) is 36.3 Å². The predicted molar refractivity (Wildman–Crippen MR) is 122 cm³/mol. The van der Waals surface area contributed by atoms with Crippen molar-refractivity contribution in [2.45, 2.75) is 31.8 Å². The molecule has 7 heteroatoms. The zero-order valence-corrected chi connectivity index (χ0v) is 18.1. The van der Waals surface area contributed by atoms with Crippen molar-refractivity contribution in [3.05, 3.63) is 71.8 Å². The highest BCUT2D eigenvalue weighted by molar-refractivity contribution is 5.85. The van der Waals surface area contributed by atoms with Crippen LogP contribution in [0.25, 0.3) is 0 Å². The molecular weight excluding hydrogens is 404 g/mol. The van der Waals surface area contributed by atoms with E-state index in [9.17, 15) is 14.4 Å². The lowest BCUT2D eigenvalue weighted by Gasteiger charge is -2.23. The molecular formula is C25H30N4O3. The fourth-order valence-electron chi connectivity index (χ4n) is 4.65. The standard InChI is InChI=1S/C25H30N4O3/c30-23-17-29(25(32)27-15-19-9-5-2-6-10-19)16-21-13-20(14-22(21)28-23)24(31)26-12-11-18-7-3-1-4-8-18/h1-10,20-22H,11-17H2,(H,26,31)(H,27,32)(H,28,30)/t20-,21+,22+/m0/s1. The van der Waals surface area contributed by atoms with Gasteiger partial charge in [-0.25, -0.2) is 4.79 Å². The maximum Gasteiger partial charge on any atom is 0.318 e. The highest BCUT2D eigenvalue weighted by atomic mass is 16.2. The summed E-state index contributed by atoms with van der Waals surface area (Å²) in [6.07, 6.45) is 2.08. The van der Waals surface area contributed by atoms with Gasteiger partial charge in [0, 0.05) is 31.6 Å². The van der Waals surface area contributed by atoms with Gasteiger partial charge in [-0.3, -0.25) is 9.59 Å². The Morgan fingerprint density at radius 3 is 2.34 bits per heavy atom. The summed E-state index contributed by atoms with van der Waals surface area (Å²) in [5, 5.41) is 8.97. The summed E-state index contributed by atoms with van der Waals surface area (Å²) in [7, 11) is 0. The minimum atomic E-state index is -0.250. The average molecular weight is 435 g/mol. The van der Waals surface area contributed by atoms with Crippen molar-refractivity contribution < 1.29 is 14.4 Å². The van der Waals surface area contributed by atoms with Crippen LogP contribution in [-0.4, -0.2) is 48.4 Å². The molecule has 168 valence electrons. The number of rotatable bonds is 6. The van der Waals surface area contributed by atoms with Gasteiger partial charge in [0.2, 0.25) is 11.8 Å². The van der Waals surface area contributed by atoms with Crippen LogP contribution in [0.5, 0.6) is 0 Å². The second-order valence-corrected chi connectivity index (χ2v) is 8.65. The molecule has 7 nitrogen and oxygen atoms in total. The molecule has 4 rings (SSSR count). The third kappa shape index (κ3) is 5.66. The molecule has 0 aromatic heterocycles. The van der Waals surface area contributed by atoms with E-state index in [1.807, 2.05) is 60.7 Å². The minimum Gasteiger partial charge on any atom is -0.356 e. The van der Waals surface area contributed by atoms with Crippen molar-refractivity contribution in [2.75, 3.05) is 19.6 Å². The van der Waals surface area contributed by atoms with Gasteiger partial charge < -0.3 is 20.9 Å². The Kier molecular flexibility index (Phi) is 7.04. The summed E-state index contributed by atoms with van der Waals surface area (Å²) in [5.74, 6) is -0.206. The first-order valence-electron chi connectivity index (χ1n) is 11.3. The molecule has 1 saturated heterocycles. The molecule has 4 amide bonds. The van der Waals surface area contributed by atoms with E-state index < -0.39 is 0 Å². The van der Waals surface area contributed by atoms with E-state index in [0.29, 0.717) is 32.5 Å². The predicted octanol–water partition coefficient (Wildman–Crippen LogP) is 2.08. The van der Waals surface area contributed by atoms with E-state index in [0.717, 1.165) is 12.0 Å². The van der Waals surface area contributed by atoms with Crippen molar-refractivity contribution in [1.29, 1.82) is 0 Å². The van der Waals surface area contributed by atoms with Gasteiger partial charge in [-0.1, -0.05) is 60.7 Å². The van der Waals surface area contributed by atoms with Crippen LogP contribution in [0.15, 0.2) is 60.7 Å². The number of carbonyl (C=O) groups excluding carboxylic acids is 3. The highest BCUT2D eigenvalue weighted by Crippen LogP contribution is 2.33. The average Bonchev–Trinajstić information content (AvgIpc) is 3.13. The van der Waals surface area contributed by atoms with Crippen LogP contribution in [-0.2, 0) is 22.6 Å². The first-order chi connectivity index (χ1) is 15.6. The zero-order chi connectivity index (χ0) is 22.3. The summed E-state index contributed by atoms with van der Waals surface area (Å²) in [5.41, 5.74) is 2.19. The van der Waals surface area contributed by atoms with E-state index in [-0.39, 0.29) is 42.3 Å². The van der Waals surface area contributed by atoms with Gasteiger partial charge in [0.1, 0.15) is 6.54 Å². The number of amides is 4. The van der Waals surface area contributed by atoms with Gasteiger partial charge in [-0.2, -0.15) is 0 Å². The van der Waals surface area contributed by atoms with Crippen molar-refractivity contribution in [2.24, 2.45) is 11.8 Å². The molecule has 1 aliphatic heterocycles. The van der Waals surface area contributed by atoms with Crippen molar-refractivity contribution in [1.82, 2.24) is 20.9 Å². The number of hydrogen-bond donors (Lipinski definition) is 3.